The van der Waals surface area contributed by atoms with Gasteiger partial charge in [0.15, 0.2) is 0 Å². The topological polar surface area (TPSA) is 50.4 Å². The highest BCUT2D eigenvalue weighted by Crippen LogP contribution is 2.29. The molecule has 0 radical (unpaired) electrons. The lowest BCUT2D eigenvalue weighted by atomic mass is 10.0. The predicted octanol–water partition coefficient (Wildman–Crippen LogP) is 3.87. The predicted molar refractivity (Wildman–Crippen MR) is 103 cm³/mol. The molecule has 134 valence electrons. The van der Waals surface area contributed by atoms with Crippen molar-refractivity contribution >= 4 is 41.5 Å². The summed E-state index contributed by atoms with van der Waals surface area (Å²) in [6.07, 6.45) is -0.739. The molecule has 2 N–H and O–H groups in total. The van der Waals surface area contributed by atoms with Gasteiger partial charge in [-0.05, 0) is 12.1 Å². The normalized spacial score (nSPS) is 14.8. The molecule has 4 nitrogen and oxygen atoms in total. The summed E-state index contributed by atoms with van der Waals surface area (Å²) >= 11 is 12.0. The van der Waals surface area contributed by atoms with Crippen LogP contribution in [0.4, 0.5) is 0 Å². The molecule has 1 aliphatic rings. The molecule has 2 aromatic carbocycles. The lowest BCUT2D eigenvalue weighted by molar-refractivity contribution is -0.128. The monoisotopic (exact) mass is 400 g/mol. The first-order valence-electron chi connectivity index (χ1n) is 7.78. The van der Waals surface area contributed by atoms with Gasteiger partial charge in [0.1, 0.15) is 5.75 Å². The quantitative estimate of drug-likeness (QED) is 0.772. The summed E-state index contributed by atoms with van der Waals surface area (Å²) in [5, 5.41) is 6.99. The minimum absolute atomic E-state index is 0. The summed E-state index contributed by atoms with van der Waals surface area (Å²) < 4.78 is 5.91. The molecule has 1 aliphatic heterocycles. The van der Waals surface area contributed by atoms with Crippen molar-refractivity contribution in [3.05, 3.63) is 64.1 Å². The molecule has 1 heterocycles. The molecule has 2 aromatic rings. The van der Waals surface area contributed by atoms with E-state index in [9.17, 15) is 4.79 Å². The Morgan fingerprint density at radius 1 is 1.16 bits per heavy atom. The van der Waals surface area contributed by atoms with Gasteiger partial charge in [0.05, 0.1) is 10.0 Å². The van der Waals surface area contributed by atoms with E-state index in [2.05, 4.69) is 10.6 Å². The number of rotatable bonds is 6. The molecule has 1 atom stereocenters. The first-order valence-corrected chi connectivity index (χ1v) is 8.54. The zero-order chi connectivity index (χ0) is 16.9. The molecule has 25 heavy (non-hydrogen) atoms. The third kappa shape index (κ3) is 5.25. The summed E-state index contributed by atoms with van der Waals surface area (Å²) in [4.78, 5) is 12.6. The zero-order valence-electron chi connectivity index (χ0n) is 13.4. The average molecular weight is 402 g/mol. The molecule has 0 bridgehead atoms. The van der Waals surface area contributed by atoms with Crippen LogP contribution in [0.25, 0.3) is 0 Å². The maximum Gasteiger partial charge on any atom is 0.265 e. The van der Waals surface area contributed by atoms with E-state index in [1.165, 1.54) is 0 Å². The van der Waals surface area contributed by atoms with Crippen molar-refractivity contribution in [1.29, 1.82) is 0 Å². The van der Waals surface area contributed by atoms with E-state index < -0.39 is 6.10 Å². The largest absolute Gasteiger partial charge is 0.476 e. The van der Waals surface area contributed by atoms with Gasteiger partial charge >= 0.3 is 0 Å². The second kappa shape index (κ2) is 9.30. The Kier molecular flexibility index (Phi) is 7.38. The molecule has 3 rings (SSSR count). The molecule has 0 saturated carbocycles. The fourth-order valence-corrected chi connectivity index (χ4v) is 2.71. The van der Waals surface area contributed by atoms with E-state index in [0.717, 1.165) is 18.7 Å². The summed E-state index contributed by atoms with van der Waals surface area (Å²) in [5.74, 6) is 0.813. The third-order valence-corrected chi connectivity index (χ3v) is 4.66. The van der Waals surface area contributed by atoms with Gasteiger partial charge in [-0.25, -0.2) is 0 Å². The van der Waals surface area contributed by atoms with Crippen LogP contribution in [0.5, 0.6) is 5.75 Å². The molecule has 0 spiro atoms. The van der Waals surface area contributed by atoms with Crippen LogP contribution in [-0.4, -0.2) is 25.5 Å². The number of benzene rings is 2. The van der Waals surface area contributed by atoms with E-state index in [1.807, 2.05) is 30.3 Å². The number of halogens is 3. The van der Waals surface area contributed by atoms with Crippen molar-refractivity contribution in [2.75, 3.05) is 19.6 Å². The second-order valence-corrected chi connectivity index (χ2v) is 6.57. The first-order chi connectivity index (χ1) is 11.6. The second-order valence-electron chi connectivity index (χ2n) is 5.75. The van der Waals surface area contributed by atoms with E-state index in [0.29, 0.717) is 28.3 Å². The van der Waals surface area contributed by atoms with Crippen molar-refractivity contribution in [3.63, 3.8) is 0 Å². The van der Waals surface area contributed by atoms with E-state index >= 15 is 0 Å². The molecule has 1 fully saturated rings. The molecule has 7 heteroatoms. The maximum atomic E-state index is 12.6. The molecular weight excluding hydrogens is 383 g/mol. The Morgan fingerprint density at radius 3 is 2.48 bits per heavy atom. The van der Waals surface area contributed by atoms with Crippen LogP contribution >= 0.6 is 35.6 Å². The smallest absolute Gasteiger partial charge is 0.265 e. The number of carbonyl (C=O) groups is 1. The number of nitrogens with one attached hydrogen (secondary N) is 2. The van der Waals surface area contributed by atoms with Crippen molar-refractivity contribution in [3.8, 4) is 5.75 Å². The van der Waals surface area contributed by atoms with Gasteiger partial charge in [-0.1, -0.05) is 53.5 Å². The van der Waals surface area contributed by atoms with Gasteiger partial charge in [-0.2, -0.15) is 0 Å². The fraction of sp³-hybridized carbons (Fsp3) is 0.278. The number of hydrogen-bond donors (Lipinski definition) is 2. The lowest BCUT2D eigenvalue weighted by Crippen LogP contribution is -2.49. The molecule has 1 unspecified atom stereocenters. The highest BCUT2D eigenvalue weighted by molar-refractivity contribution is 6.42. The van der Waals surface area contributed by atoms with Gasteiger partial charge in [-0.15, -0.1) is 12.4 Å². The van der Waals surface area contributed by atoms with Crippen LogP contribution < -0.4 is 15.4 Å². The van der Waals surface area contributed by atoms with Crippen LogP contribution in [0.1, 0.15) is 11.7 Å². The summed E-state index contributed by atoms with van der Waals surface area (Å²) in [5.41, 5.74) is 0.785. The Morgan fingerprint density at radius 2 is 1.88 bits per heavy atom. The van der Waals surface area contributed by atoms with E-state index in [-0.39, 0.29) is 18.3 Å². The van der Waals surface area contributed by atoms with E-state index in [1.54, 1.807) is 18.2 Å². The summed E-state index contributed by atoms with van der Waals surface area (Å²) in [6, 6.07) is 14.4. The number of ether oxygens (including phenoxy) is 1. The minimum atomic E-state index is -0.739. The summed E-state index contributed by atoms with van der Waals surface area (Å²) in [6.45, 7) is 2.51. The van der Waals surface area contributed by atoms with Gasteiger partial charge in [0, 0.05) is 37.2 Å². The first kappa shape index (κ1) is 19.9. The van der Waals surface area contributed by atoms with Crippen LogP contribution in [0.15, 0.2) is 48.5 Å². The third-order valence-electron chi connectivity index (χ3n) is 3.92. The molecule has 1 amide bonds. The SMILES string of the molecule is Cl.O=C(NCC1CNC1)C(Oc1ccc(Cl)c(Cl)c1)c1ccccc1. The average Bonchev–Trinajstić information content (AvgIpc) is 2.55. The Balaban J connectivity index is 0.00000225. The van der Waals surface area contributed by atoms with Crippen molar-refractivity contribution in [1.82, 2.24) is 10.6 Å². The lowest BCUT2D eigenvalue weighted by Gasteiger charge is -2.28. The van der Waals surface area contributed by atoms with Crippen molar-refractivity contribution in [2.45, 2.75) is 6.10 Å². The van der Waals surface area contributed by atoms with Crippen LogP contribution in [0.2, 0.25) is 10.0 Å². The number of amides is 1. The highest BCUT2D eigenvalue weighted by Gasteiger charge is 2.25. The van der Waals surface area contributed by atoms with Crippen LogP contribution in [0, 0.1) is 5.92 Å². The highest BCUT2D eigenvalue weighted by atomic mass is 35.5. The number of hydrogen-bond acceptors (Lipinski definition) is 3. The standard InChI is InChI=1S/C18H18Cl2N2O2.ClH/c19-15-7-6-14(8-16(15)20)24-17(13-4-2-1-3-5-13)18(23)22-11-12-9-21-10-12;/h1-8,12,17,21H,9-11H2,(H,22,23);1H. The van der Waals surface area contributed by atoms with Gasteiger partial charge in [-0.3, -0.25) is 4.79 Å². The van der Waals surface area contributed by atoms with E-state index in [4.69, 9.17) is 27.9 Å². The van der Waals surface area contributed by atoms with Crippen LogP contribution in [-0.2, 0) is 4.79 Å². The number of carbonyl (C=O) groups excluding carboxylic acids is 1. The maximum absolute atomic E-state index is 12.6. The fourth-order valence-electron chi connectivity index (χ4n) is 2.42. The summed E-state index contributed by atoms with van der Waals surface area (Å²) in [7, 11) is 0. The van der Waals surface area contributed by atoms with Gasteiger partial charge < -0.3 is 15.4 Å². The van der Waals surface area contributed by atoms with Crippen molar-refractivity contribution in [2.24, 2.45) is 5.92 Å². The Labute approximate surface area is 163 Å². The van der Waals surface area contributed by atoms with Crippen LogP contribution in [0.3, 0.4) is 0 Å². The molecular formula is C18H19Cl3N2O2. The zero-order valence-corrected chi connectivity index (χ0v) is 15.7. The van der Waals surface area contributed by atoms with Gasteiger partial charge in [0.25, 0.3) is 5.91 Å². The Bertz CT molecular complexity index is 709. The van der Waals surface area contributed by atoms with Gasteiger partial charge in [0.2, 0.25) is 6.10 Å². The molecule has 0 aromatic heterocycles. The molecule has 1 saturated heterocycles. The Hall–Kier alpha value is -1.46. The molecule has 0 aliphatic carbocycles. The van der Waals surface area contributed by atoms with Crippen molar-refractivity contribution < 1.29 is 9.53 Å². The minimum Gasteiger partial charge on any atom is -0.476 e.